The molecule has 0 radical (unpaired) electrons. The summed E-state index contributed by atoms with van der Waals surface area (Å²) in [7, 11) is 0. The molecule has 0 fully saturated rings. The van der Waals surface area contributed by atoms with Gasteiger partial charge in [0.25, 0.3) is 0 Å². The Balaban J connectivity index is 2.58. The minimum Gasteiger partial charge on any atom is -0.387 e. The molecular formula is C11H20N4O2. The summed E-state index contributed by atoms with van der Waals surface area (Å²) in [6, 6.07) is 0. The zero-order chi connectivity index (χ0) is 13.1. The molecule has 0 saturated carbocycles. The van der Waals surface area contributed by atoms with Gasteiger partial charge in [0.2, 0.25) is 5.91 Å². The maximum absolute atomic E-state index is 11.6. The van der Waals surface area contributed by atoms with Crippen LogP contribution in [0.4, 0.5) is 0 Å². The van der Waals surface area contributed by atoms with Gasteiger partial charge in [-0.2, -0.15) is 0 Å². The van der Waals surface area contributed by atoms with Crippen LogP contribution in [0, 0.1) is 0 Å². The predicted octanol–water partition coefficient (Wildman–Crippen LogP) is 0.636. The van der Waals surface area contributed by atoms with Crippen LogP contribution in [0.15, 0.2) is 6.20 Å². The van der Waals surface area contributed by atoms with Gasteiger partial charge in [-0.25, -0.2) is 4.68 Å². The van der Waals surface area contributed by atoms with Crippen LogP contribution in [0.1, 0.15) is 45.9 Å². The third-order valence-corrected chi connectivity index (χ3v) is 2.10. The molecule has 0 aromatic carbocycles. The van der Waals surface area contributed by atoms with Gasteiger partial charge in [-0.1, -0.05) is 12.1 Å². The van der Waals surface area contributed by atoms with Crippen LogP contribution in [0.25, 0.3) is 0 Å². The SMILES string of the molecule is CCC(O)c1cn(CC(=O)NC(C)(C)C)nn1. The predicted molar refractivity (Wildman–Crippen MR) is 63.2 cm³/mol. The summed E-state index contributed by atoms with van der Waals surface area (Å²) in [6.45, 7) is 7.71. The number of aliphatic hydroxyl groups is 1. The van der Waals surface area contributed by atoms with Gasteiger partial charge in [0.1, 0.15) is 12.2 Å². The lowest BCUT2D eigenvalue weighted by Crippen LogP contribution is -2.42. The van der Waals surface area contributed by atoms with E-state index in [0.717, 1.165) is 0 Å². The second kappa shape index (κ2) is 5.27. The van der Waals surface area contributed by atoms with E-state index in [0.29, 0.717) is 12.1 Å². The van der Waals surface area contributed by atoms with Gasteiger partial charge in [0.15, 0.2) is 0 Å². The highest BCUT2D eigenvalue weighted by molar-refractivity contribution is 5.76. The molecule has 6 nitrogen and oxygen atoms in total. The highest BCUT2D eigenvalue weighted by atomic mass is 16.3. The first-order chi connectivity index (χ1) is 7.81. The lowest BCUT2D eigenvalue weighted by Gasteiger charge is -2.20. The number of aliphatic hydroxyl groups excluding tert-OH is 1. The summed E-state index contributed by atoms with van der Waals surface area (Å²) in [6.07, 6.45) is 1.55. The second-order valence-corrected chi connectivity index (χ2v) is 5.06. The topological polar surface area (TPSA) is 80.0 Å². The molecule has 0 aliphatic rings. The van der Waals surface area contributed by atoms with Crippen LogP contribution < -0.4 is 5.32 Å². The maximum atomic E-state index is 11.6. The van der Waals surface area contributed by atoms with Gasteiger partial charge in [-0.05, 0) is 27.2 Å². The largest absolute Gasteiger partial charge is 0.387 e. The average Bonchev–Trinajstić information content (AvgIpc) is 2.62. The van der Waals surface area contributed by atoms with Crippen molar-refractivity contribution in [1.82, 2.24) is 20.3 Å². The first-order valence-electron chi connectivity index (χ1n) is 5.71. The minimum absolute atomic E-state index is 0.112. The van der Waals surface area contributed by atoms with Gasteiger partial charge < -0.3 is 10.4 Å². The Morgan fingerprint density at radius 1 is 1.59 bits per heavy atom. The summed E-state index contributed by atoms with van der Waals surface area (Å²) < 4.78 is 1.43. The molecule has 0 saturated heterocycles. The Morgan fingerprint density at radius 2 is 2.24 bits per heavy atom. The number of hydrogen-bond donors (Lipinski definition) is 2. The summed E-state index contributed by atoms with van der Waals surface area (Å²) in [5, 5.41) is 20.0. The van der Waals surface area contributed by atoms with E-state index < -0.39 is 6.10 Å². The maximum Gasteiger partial charge on any atom is 0.242 e. The third-order valence-electron chi connectivity index (χ3n) is 2.10. The van der Waals surface area contributed by atoms with Crippen LogP contribution >= 0.6 is 0 Å². The number of hydrogen-bond acceptors (Lipinski definition) is 4. The fraction of sp³-hybridized carbons (Fsp3) is 0.727. The van der Waals surface area contributed by atoms with Crippen LogP contribution in [-0.4, -0.2) is 31.5 Å². The van der Waals surface area contributed by atoms with E-state index in [2.05, 4.69) is 15.6 Å². The average molecular weight is 240 g/mol. The van der Waals surface area contributed by atoms with Gasteiger partial charge in [-0.15, -0.1) is 5.10 Å². The lowest BCUT2D eigenvalue weighted by molar-refractivity contribution is -0.123. The number of rotatable bonds is 4. The minimum atomic E-state index is -0.616. The summed E-state index contributed by atoms with van der Waals surface area (Å²) in [4.78, 5) is 11.6. The number of amides is 1. The molecule has 1 rings (SSSR count). The molecule has 0 aliphatic heterocycles. The van der Waals surface area contributed by atoms with E-state index in [-0.39, 0.29) is 18.0 Å². The van der Waals surface area contributed by atoms with Gasteiger partial charge in [0, 0.05) is 5.54 Å². The normalized spacial score (nSPS) is 13.5. The molecule has 0 aliphatic carbocycles. The summed E-state index contributed by atoms with van der Waals surface area (Å²) in [5.41, 5.74) is 0.236. The van der Waals surface area contributed by atoms with Crippen LogP contribution in [0.2, 0.25) is 0 Å². The smallest absolute Gasteiger partial charge is 0.242 e. The van der Waals surface area contributed by atoms with Crippen molar-refractivity contribution in [2.45, 2.75) is 52.3 Å². The van der Waals surface area contributed by atoms with Crippen LogP contribution in [-0.2, 0) is 11.3 Å². The molecule has 1 atom stereocenters. The van der Waals surface area contributed by atoms with Crippen molar-refractivity contribution < 1.29 is 9.90 Å². The number of aromatic nitrogens is 3. The molecule has 2 N–H and O–H groups in total. The van der Waals surface area contributed by atoms with E-state index in [4.69, 9.17) is 0 Å². The molecule has 0 spiro atoms. The quantitative estimate of drug-likeness (QED) is 0.809. The standard InChI is InChI=1S/C11H20N4O2/c1-5-9(16)8-6-15(14-13-8)7-10(17)12-11(2,3)4/h6,9,16H,5,7H2,1-4H3,(H,12,17). The van der Waals surface area contributed by atoms with E-state index in [1.807, 2.05) is 27.7 Å². The van der Waals surface area contributed by atoms with Crippen molar-refractivity contribution in [1.29, 1.82) is 0 Å². The van der Waals surface area contributed by atoms with Gasteiger partial charge in [-0.3, -0.25) is 4.79 Å². The van der Waals surface area contributed by atoms with Crippen molar-refractivity contribution >= 4 is 5.91 Å². The molecule has 6 heteroatoms. The van der Waals surface area contributed by atoms with Crippen LogP contribution in [0.5, 0.6) is 0 Å². The highest BCUT2D eigenvalue weighted by Crippen LogP contribution is 2.11. The van der Waals surface area contributed by atoms with Crippen molar-refractivity contribution in [2.24, 2.45) is 0 Å². The van der Waals surface area contributed by atoms with E-state index >= 15 is 0 Å². The molecule has 96 valence electrons. The Hall–Kier alpha value is -1.43. The highest BCUT2D eigenvalue weighted by Gasteiger charge is 2.15. The monoisotopic (exact) mass is 240 g/mol. The molecule has 1 amide bonds. The number of nitrogens with zero attached hydrogens (tertiary/aromatic N) is 3. The van der Waals surface area contributed by atoms with Gasteiger partial charge >= 0.3 is 0 Å². The van der Waals surface area contributed by atoms with E-state index in [1.165, 1.54) is 4.68 Å². The Morgan fingerprint density at radius 3 is 2.76 bits per heavy atom. The summed E-state index contributed by atoms with van der Waals surface area (Å²) >= 11 is 0. The lowest BCUT2D eigenvalue weighted by atomic mass is 10.1. The second-order valence-electron chi connectivity index (χ2n) is 5.06. The number of carbonyl (C=O) groups is 1. The van der Waals surface area contributed by atoms with E-state index in [1.54, 1.807) is 6.20 Å². The Labute approximate surface area is 101 Å². The van der Waals surface area contributed by atoms with Crippen molar-refractivity contribution in [2.75, 3.05) is 0 Å². The van der Waals surface area contributed by atoms with Crippen molar-refractivity contribution in [3.63, 3.8) is 0 Å². The van der Waals surface area contributed by atoms with Crippen molar-refractivity contribution in [3.05, 3.63) is 11.9 Å². The fourth-order valence-corrected chi connectivity index (χ4v) is 1.36. The van der Waals surface area contributed by atoms with Crippen LogP contribution in [0.3, 0.4) is 0 Å². The zero-order valence-electron chi connectivity index (χ0n) is 10.8. The van der Waals surface area contributed by atoms with Gasteiger partial charge in [0.05, 0.1) is 12.3 Å². The Bertz CT molecular complexity index is 381. The summed E-state index contributed by atoms with van der Waals surface area (Å²) in [5.74, 6) is -0.125. The molecular weight excluding hydrogens is 220 g/mol. The molecule has 1 aromatic rings. The Kier molecular flexibility index (Phi) is 4.22. The first kappa shape index (κ1) is 13.6. The number of nitrogens with one attached hydrogen (secondary N) is 1. The molecule has 0 bridgehead atoms. The fourth-order valence-electron chi connectivity index (χ4n) is 1.36. The molecule has 1 unspecified atom stereocenters. The molecule has 1 aromatic heterocycles. The molecule has 1 heterocycles. The first-order valence-corrected chi connectivity index (χ1v) is 5.71. The zero-order valence-corrected chi connectivity index (χ0v) is 10.8. The molecule has 17 heavy (non-hydrogen) atoms. The van der Waals surface area contributed by atoms with Crippen molar-refractivity contribution in [3.8, 4) is 0 Å². The number of carbonyl (C=O) groups excluding carboxylic acids is 1. The third kappa shape index (κ3) is 4.52. The van der Waals surface area contributed by atoms with E-state index in [9.17, 15) is 9.90 Å².